The summed E-state index contributed by atoms with van der Waals surface area (Å²) >= 11 is 0. The molecule has 0 aliphatic rings. The Kier molecular flexibility index (Phi) is 13.6. The number of rotatable bonds is 13. The maximum atomic E-state index is 8.13. The molecule has 7 heteroatoms. The summed E-state index contributed by atoms with van der Waals surface area (Å²) in [5.41, 5.74) is 0. The van der Waals surface area contributed by atoms with Gasteiger partial charge in [0.1, 0.15) is 6.61 Å². The number of ether oxygens (including phenoxy) is 2. The molecule has 7 nitrogen and oxygen atoms in total. The summed E-state index contributed by atoms with van der Waals surface area (Å²) < 4.78 is 10.4. The second kappa shape index (κ2) is 13.8. The Balaban J connectivity index is 3.05. The van der Waals surface area contributed by atoms with Crippen LogP contribution in [0.4, 0.5) is 0 Å². The molecule has 0 fully saturated rings. The van der Waals surface area contributed by atoms with Crippen molar-refractivity contribution in [3.63, 3.8) is 0 Å². The van der Waals surface area contributed by atoms with Crippen molar-refractivity contribution in [1.82, 2.24) is 4.90 Å². The van der Waals surface area contributed by atoms with E-state index in [-0.39, 0.29) is 6.61 Å². The molecule has 0 heterocycles. The summed E-state index contributed by atoms with van der Waals surface area (Å²) in [6.07, 6.45) is 0.789. The van der Waals surface area contributed by atoms with E-state index in [1.54, 1.807) is 0 Å². The Morgan fingerprint density at radius 3 is 2.00 bits per heavy atom. The van der Waals surface area contributed by atoms with E-state index in [0.29, 0.717) is 33.0 Å². The minimum atomic E-state index is 0.176. The fraction of sp³-hybridized carbons (Fsp3) is 1.00. The van der Waals surface area contributed by atoms with Gasteiger partial charge < -0.3 is 14.4 Å². The molecule has 17 heavy (non-hydrogen) atoms. The highest BCUT2D eigenvalue weighted by Crippen LogP contribution is 1.88. The van der Waals surface area contributed by atoms with Crippen molar-refractivity contribution in [1.29, 1.82) is 0 Å². The van der Waals surface area contributed by atoms with E-state index in [1.807, 2.05) is 7.05 Å². The quantitative estimate of drug-likeness (QED) is 0.278. The van der Waals surface area contributed by atoms with E-state index in [0.717, 1.165) is 19.5 Å². The van der Waals surface area contributed by atoms with Crippen LogP contribution in [-0.4, -0.2) is 75.2 Å². The van der Waals surface area contributed by atoms with Gasteiger partial charge in [-0.3, -0.25) is 10.5 Å². The van der Waals surface area contributed by atoms with Crippen molar-refractivity contribution in [2.45, 2.75) is 6.42 Å². The third-order valence-corrected chi connectivity index (χ3v) is 2.08. The first-order valence-electron chi connectivity index (χ1n) is 5.68. The molecule has 0 bridgehead atoms. The molecular weight excluding hydrogens is 230 g/mol. The van der Waals surface area contributed by atoms with Gasteiger partial charge in [-0.25, -0.2) is 9.78 Å². The molecule has 0 aliphatic heterocycles. The predicted molar refractivity (Wildman–Crippen MR) is 60.9 cm³/mol. The number of nitrogens with zero attached hydrogens (tertiary/aromatic N) is 1. The lowest BCUT2D eigenvalue weighted by atomic mass is 10.4. The van der Waals surface area contributed by atoms with Crippen LogP contribution in [0.5, 0.6) is 0 Å². The molecule has 0 aromatic heterocycles. The van der Waals surface area contributed by atoms with Crippen molar-refractivity contribution >= 4 is 0 Å². The Morgan fingerprint density at radius 1 is 0.765 bits per heavy atom. The van der Waals surface area contributed by atoms with Crippen molar-refractivity contribution in [3.8, 4) is 0 Å². The van der Waals surface area contributed by atoms with Gasteiger partial charge in [-0.05, 0) is 13.5 Å². The monoisotopic (exact) mass is 253 g/mol. The van der Waals surface area contributed by atoms with Crippen LogP contribution in [0.1, 0.15) is 6.42 Å². The highest BCUT2D eigenvalue weighted by Gasteiger charge is 1.98. The lowest BCUT2D eigenvalue weighted by Crippen LogP contribution is -2.25. The second-order valence-electron chi connectivity index (χ2n) is 3.55. The molecule has 0 rings (SSSR count). The van der Waals surface area contributed by atoms with Crippen LogP contribution in [0.25, 0.3) is 0 Å². The van der Waals surface area contributed by atoms with Crippen molar-refractivity contribution in [3.05, 3.63) is 0 Å². The van der Waals surface area contributed by atoms with Crippen LogP contribution in [0.2, 0.25) is 0 Å². The molecule has 104 valence electrons. The Morgan fingerprint density at radius 2 is 1.35 bits per heavy atom. The van der Waals surface area contributed by atoms with Gasteiger partial charge in [0.05, 0.1) is 33.0 Å². The molecule has 0 atom stereocenters. The molecule has 0 amide bonds. The molecular formula is C10H23NO6. The van der Waals surface area contributed by atoms with Gasteiger partial charge in [-0.1, -0.05) is 0 Å². The second-order valence-corrected chi connectivity index (χ2v) is 3.55. The fourth-order valence-corrected chi connectivity index (χ4v) is 1.15. The smallest absolute Gasteiger partial charge is 0.105 e. The van der Waals surface area contributed by atoms with Crippen LogP contribution < -0.4 is 0 Å². The van der Waals surface area contributed by atoms with Gasteiger partial charge in [0.15, 0.2) is 0 Å². The van der Waals surface area contributed by atoms with Crippen molar-refractivity contribution < 1.29 is 29.8 Å². The number of likely N-dealkylation sites (N-methyl/N-ethyl adjacent to an activating group) is 1. The number of hydrogen-bond donors (Lipinski definition) is 2. The Hall–Kier alpha value is -0.280. The molecule has 0 aromatic rings. The van der Waals surface area contributed by atoms with Crippen molar-refractivity contribution in [2.75, 3.05) is 59.8 Å². The molecule has 0 unspecified atom stereocenters. The normalized spacial score (nSPS) is 11.3. The molecule has 0 spiro atoms. The van der Waals surface area contributed by atoms with Crippen LogP contribution in [-0.2, 0) is 19.2 Å². The van der Waals surface area contributed by atoms with Crippen molar-refractivity contribution in [2.24, 2.45) is 0 Å². The van der Waals surface area contributed by atoms with E-state index in [2.05, 4.69) is 14.7 Å². The van der Waals surface area contributed by atoms with Gasteiger partial charge in [-0.15, -0.1) is 0 Å². The summed E-state index contributed by atoms with van der Waals surface area (Å²) in [6.45, 7) is 4.22. The zero-order valence-electron chi connectivity index (χ0n) is 10.3. The zero-order chi connectivity index (χ0) is 12.8. The predicted octanol–water partition coefficient (Wildman–Crippen LogP) is 0.321. The van der Waals surface area contributed by atoms with Crippen LogP contribution >= 0.6 is 0 Å². The summed E-state index contributed by atoms with van der Waals surface area (Å²) in [4.78, 5) is 9.92. The van der Waals surface area contributed by atoms with Gasteiger partial charge in [0.2, 0.25) is 0 Å². The Bertz CT molecular complexity index is 149. The average Bonchev–Trinajstić information content (AvgIpc) is 2.33. The van der Waals surface area contributed by atoms with Crippen LogP contribution in [0, 0.1) is 0 Å². The molecule has 0 saturated carbocycles. The molecule has 0 saturated heterocycles. The van der Waals surface area contributed by atoms with E-state index < -0.39 is 0 Å². The minimum Gasteiger partial charge on any atom is -0.378 e. The summed E-state index contributed by atoms with van der Waals surface area (Å²) in [6, 6.07) is 0. The highest BCUT2D eigenvalue weighted by atomic mass is 17.1. The first-order valence-corrected chi connectivity index (χ1v) is 5.68. The Labute approximate surface area is 102 Å². The van der Waals surface area contributed by atoms with E-state index in [4.69, 9.17) is 20.0 Å². The van der Waals surface area contributed by atoms with Gasteiger partial charge in [0, 0.05) is 13.1 Å². The topological polar surface area (TPSA) is 80.6 Å². The summed E-state index contributed by atoms with van der Waals surface area (Å²) in [5, 5.41) is 16.1. The van der Waals surface area contributed by atoms with E-state index in [9.17, 15) is 0 Å². The SMILES string of the molecule is CN(CCCOO)CCOCCOCCOO. The average molecular weight is 253 g/mol. The van der Waals surface area contributed by atoms with E-state index in [1.165, 1.54) is 0 Å². The molecule has 0 aromatic carbocycles. The zero-order valence-corrected chi connectivity index (χ0v) is 10.3. The largest absolute Gasteiger partial charge is 0.378 e. The van der Waals surface area contributed by atoms with Crippen LogP contribution in [0.15, 0.2) is 0 Å². The third-order valence-electron chi connectivity index (χ3n) is 2.08. The minimum absolute atomic E-state index is 0.176. The molecule has 0 aliphatic carbocycles. The molecule has 2 N–H and O–H groups in total. The van der Waals surface area contributed by atoms with Gasteiger partial charge in [0.25, 0.3) is 0 Å². The fourth-order valence-electron chi connectivity index (χ4n) is 1.15. The van der Waals surface area contributed by atoms with Gasteiger partial charge in [-0.2, -0.15) is 0 Å². The van der Waals surface area contributed by atoms with Gasteiger partial charge >= 0.3 is 0 Å². The first-order chi connectivity index (χ1) is 8.31. The maximum Gasteiger partial charge on any atom is 0.105 e. The maximum absolute atomic E-state index is 8.13. The number of hydrogen-bond acceptors (Lipinski definition) is 7. The first kappa shape index (κ1) is 16.7. The molecule has 0 radical (unpaired) electrons. The van der Waals surface area contributed by atoms with E-state index >= 15 is 0 Å². The summed E-state index contributed by atoms with van der Waals surface area (Å²) in [7, 11) is 1.98. The third kappa shape index (κ3) is 13.7. The highest BCUT2D eigenvalue weighted by molar-refractivity contribution is 4.50. The standard InChI is InChI=1S/C10H23NO6/c1-11(3-2-5-16-12)4-6-14-7-8-15-9-10-17-13/h12-13H,2-10H2,1H3. The van der Waals surface area contributed by atoms with Crippen LogP contribution in [0.3, 0.4) is 0 Å². The lowest BCUT2D eigenvalue weighted by molar-refractivity contribution is -0.249. The summed E-state index contributed by atoms with van der Waals surface area (Å²) in [5.74, 6) is 0. The lowest BCUT2D eigenvalue weighted by Gasteiger charge is -2.15.